The van der Waals surface area contributed by atoms with Crippen molar-refractivity contribution in [1.29, 1.82) is 0 Å². The predicted octanol–water partition coefficient (Wildman–Crippen LogP) is 1.24. The van der Waals surface area contributed by atoms with E-state index >= 15 is 0 Å². The van der Waals surface area contributed by atoms with E-state index in [1.165, 1.54) is 18.3 Å². The molecule has 0 spiro atoms. The molecule has 1 aromatic rings. The van der Waals surface area contributed by atoms with E-state index in [9.17, 15) is 10.1 Å². The number of nitrogens with zero attached hydrogens (tertiary/aromatic N) is 3. The highest BCUT2D eigenvalue weighted by Crippen LogP contribution is 2.18. The molecule has 1 aromatic heterocycles. The smallest absolute Gasteiger partial charge is 0.274 e. The van der Waals surface area contributed by atoms with Gasteiger partial charge in [-0.3, -0.25) is 10.1 Å². The number of nitro groups is 1. The van der Waals surface area contributed by atoms with Crippen LogP contribution in [0.1, 0.15) is 0 Å². The predicted molar refractivity (Wildman–Crippen MR) is 70.5 cm³/mol. The van der Waals surface area contributed by atoms with Crippen LogP contribution < -0.4 is 10.2 Å². The maximum Gasteiger partial charge on any atom is 0.274 e. The first-order valence-electron chi connectivity index (χ1n) is 4.83. The molecule has 1 N–H and O–H groups in total. The number of piperazine rings is 1. The number of hydrogen-bond donors (Lipinski definition) is 1. The van der Waals surface area contributed by atoms with Gasteiger partial charge >= 0.3 is 0 Å². The van der Waals surface area contributed by atoms with Gasteiger partial charge in [0, 0.05) is 38.4 Å². The molecule has 0 bridgehead atoms. The molecule has 0 aliphatic carbocycles. The third-order valence-electron chi connectivity index (χ3n) is 2.38. The largest absolute Gasteiger partial charge is 0.354 e. The summed E-state index contributed by atoms with van der Waals surface area (Å²) < 4.78 is 0. The summed E-state index contributed by atoms with van der Waals surface area (Å²) in [5.41, 5.74) is 0.0959. The van der Waals surface area contributed by atoms with Crippen molar-refractivity contribution in [3.63, 3.8) is 0 Å². The Hall–Kier alpha value is -1.11. The maximum atomic E-state index is 10.6. The molecular weight excluding hydrogens is 267 g/mol. The quantitative estimate of drug-likeness (QED) is 0.652. The van der Waals surface area contributed by atoms with Gasteiger partial charge in [-0.2, -0.15) is 0 Å². The van der Waals surface area contributed by atoms with Gasteiger partial charge < -0.3 is 10.2 Å². The lowest BCUT2D eigenvalue weighted by atomic mass is 10.3. The SMILES string of the molecule is Cl.Cl.O=[N+]([O-])c1ccnc(N2CCNCC2)c1. The Balaban J connectivity index is 0.00000128. The fourth-order valence-corrected chi connectivity index (χ4v) is 1.59. The van der Waals surface area contributed by atoms with Crippen LogP contribution in [0.2, 0.25) is 0 Å². The second-order valence-electron chi connectivity index (χ2n) is 3.37. The van der Waals surface area contributed by atoms with Crippen molar-refractivity contribution >= 4 is 36.3 Å². The van der Waals surface area contributed by atoms with Gasteiger partial charge in [-0.1, -0.05) is 0 Å². The molecule has 0 aromatic carbocycles. The van der Waals surface area contributed by atoms with Gasteiger partial charge in [0.05, 0.1) is 11.0 Å². The van der Waals surface area contributed by atoms with Crippen molar-refractivity contribution in [3.05, 3.63) is 28.4 Å². The molecule has 0 saturated carbocycles. The van der Waals surface area contributed by atoms with Crippen molar-refractivity contribution in [2.24, 2.45) is 0 Å². The van der Waals surface area contributed by atoms with Crippen molar-refractivity contribution in [1.82, 2.24) is 10.3 Å². The fourth-order valence-electron chi connectivity index (χ4n) is 1.59. The highest BCUT2D eigenvalue weighted by Gasteiger charge is 2.14. The molecule has 6 nitrogen and oxygen atoms in total. The van der Waals surface area contributed by atoms with Crippen LogP contribution in [0.15, 0.2) is 18.3 Å². The summed E-state index contributed by atoms with van der Waals surface area (Å²) in [4.78, 5) is 16.4. The van der Waals surface area contributed by atoms with Crippen LogP contribution >= 0.6 is 24.8 Å². The first-order chi connectivity index (χ1) is 7.27. The highest BCUT2D eigenvalue weighted by molar-refractivity contribution is 5.85. The minimum absolute atomic E-state index is 0. The van der Waals surface area contributed by atoms with E-state index in [0.717, 1.165) is 26.2 Å². The van der Waals surface area contributed by atoms with E-state index in [1.807, 2.05) is 4.90 Å². The van der Waals surface area contributed by atoms with Crippen molar-refractivity contribution < 1.29 is 4.92 Å². The number of hydrogen-bond acceptors (Lipinski definition) is 5. The minimum atomic E-state index is -0.395. The Labute approximate surface area is 111 Å². The number of halogens is 2. The third kappa shape index (κ3) is 3.99. The molecule has 1 fully saturated rings. The Bertz CT molecular complexity index is 372. The van der Waals surface area contributed by atoms with E-state index in [4.69, 9.17) is 0 Å². The van der Waals surface area contributed by atoms with Crippen LogP contribution in [0, 0.1) is 10.1 Å². The molecular formula is C9H14Cl2N4O2. The van der Waals surface area contributed by atoms with Gasteiger partial charge in [0.25, 0.3) is 5.69 Å². The average Bonchev–Trinajstić information content (AvgIpc) is 2.30. The molecule has 2 heterocycles. The van der Waals surface area contributed by atoms with Gasteiger partial charge in [-0.05, 0) is 0 Å². The topological polar surface area (TPSA) is 71.3 Å². The van der Waals surface area contributed by atoms with Crippen LogP contribution in [-0.4, -0.2) is 36.1 Å². The second kappa shape index (κ2) is 7.26. The van der Waals surface area contributed by atoms with Crippen LogP contribution in [0.3, 0.4) is 0 Å². The molecule has 17 heavy (non-hydrogen) atoms. The first kappa shape index (κ1) is 15.9. The number of anilines is 1. The van der Waals surface area contributed by atoms with Crippen molar-refractivity contribution in [2.75, 3.05) is 31.1 Å². The summed E-state index contributed by atoms with van der Waals surface area (Å²) in [6.45, 7) is 3.47. The van der Waals surface area contributed by atoms with Crippen LogP contribution in [0.25, 0.3) is 0 Å². The maximum absolute atomic E-state index is 10.6. The number of pyridine rings is 1. The van der Waals surface area contributed by atoms with Gasteiger partial charge in [0.1, 0.15) is 5.82 Å². The first-order valence-corrected chi connectivity index (χ1v) is 4.83. The summed E-state index contributed by atoms with van der Waals surface area (Å²) in [7, 11) is 0. The molecule has 0 unspecified atom stereocenters. The van der Waals surface area contributed by atoms with Gasteiger partial charge in [0.2, 0.25) is 0 Å². The summed E-state index contributed by atoms with van der Waals surface area (Å²) >= 11 is 0. The molecule has 0 atom stereocenters. The number of nitrogens with one attached hydrogen (secondary N) is 1. The summed E-state index contributed by atoms with van der Waals surface area (Å²) in [5.74, 6) is 0.686. The van der Waals surface area contributed by atoms with E-state index in [0.29, 0.717) is 5.82 Å². The Morgan fingerprint density at radius 3 is 2.59 bits per heavy atom. The van der Waals surface area contributed by atoms with E-state index in [-0.39, 0.29) is 30.5 Å². The lowest BCUT2D eigenvalue weighted by Gasteiger charge is -2.28. The lowest BCUT2D eigenvalue weighted by molar-refractivity contribution is -0.384. The highest BCUT2D eigenvalue weighted by atomic mass is 35.5. The Morgan fingerprint density at radius 2 is 2.00 bits per heavy atom. The van der Waals surface area contributed by atoms with E-state index in [2.05, 4.69) is 10.3 Å². The zero-order valence-corrected chi connectivity index (χ0v) is 10.7. The lowest BCUT2D eigenvalue weighted by Crippen LogP contribution is -2.43. The zero-order valence-electron chi connectivity index (χ0n) is 9.04. The molecule has 1 saturated heterocycles. The minimum Gasteiger partial charge on any atom is -0.354 e. The monoisotopic (exact) mass is 280 g/mol. The Kier molecular flexibility index (Phi) is 6.79. The van der Waals surface area contributed by atoms with E-state index < -0.39 is 4.92 Å². The summed E-state index contributed by atoms with van der Waals surface area (Å²) in [6, 6.07) is 2.93. The van der Waals surface area contributed by atoms with Crippen LogP contribution in [-0.2, 0) is 0 Å². The van der Waals surface area contributed by atoms with Crippen LogP contribution in [0.5, 0.6) is 0 Å². The molecule has 2 rings (SSSR count). The fraction of sp³-hybridized carbons (Fsp3) is 0.444. The number of rotatable bonds is 2. The van der Waals surface area contributed by atoms with Gasteiger partial charge in [-0.25, -0.2) is 4.98 Å². The molecule has 1 aliphatic rings. The summed E-state index contributed by atoms with van der Waals surface area (Å²) in [6.07, 6.45) is 1.48. The van der Waals surface area contributed by atoms with Crippen molar-refractivity contribution in [3.8, 4) is 0 Å². The molecule has 0 radical (unpaired) electrons. The molecule has 1 aliphatic heterocycles. The Morgan fingerprint density at radius 1 is 1.35 bits per heavy atom. The second-order valence-corrected chi connectivity index (χ2v) is 3.37. The molecule has 96 valence electrons. The average molecular weight is 281 g/mol. The standard InChI is InChI=1S/C9H12N4O2.2ClH/c14-13(15)8-1-2-11-9(7-8)12-5-3-10-4-6-12;;/h1-2,7,10H,3-6H2;2*1H. The normalized spacial score (nSPS) is 14.5. The molecule has 0 amide bonds. The summed E-state index contributed by atoms with van der Waals surface area (Å²) in [5, 5.41) is 13.8. The van der Waals surface area contributed by atoms with Crippen LogP contribution in [0.4, 0.5) is 11.5 Å². The van der Waals surface area contributed by atoms with Gasteiger partial charge in [0.15, 0.2) is 0 Å². The van der Waals surface area contributed by atoms with Crippen molar-refractivity contribution in [2.45, 2.75) is 0 Å². The third-order valence-corrected chi connectivity index (χ3v) is 2.38. The number of aromatic nitrogens is 1. The van der Waals surface area contributed by atoms with E-state index in [1.54, 1.807) is 0 Å². The van der Waals surface area contributed by atoms with Gasteiger partial charge in [-0.15, -0.1) is 24.8 Å². The molecule has 8 heteroatoms. The zero-order chi connectivity index (χ0) is 10.7.